The standard InChI is InChI=1S/C17H24N4O3/c1-17(2,3)24-16(22)21-9-7-12(8-10-21)5-6-13-14(18)15(23-4)20-11-19-13/h11-12H,7-10,18H2,1-4H3. The summed E-state index contributed by atoms with van der Waals surface area (Å²) in [6, 6.07) is 0. The maximum atomic E-state index is 12.0. The molecule has 0 atom stereocenters. The number of hydrogen-bond acceptors (Lipinski definition) is 6. The van der Waals surface area contributed by atoms with E-state index in [2.05, 4.69) is 21.8 Å². The van der Waals surface area contributed by atoms with E-state index in [1.807, 2.05) is 20.8 Å². The maximum Gasteiger partial charge on any atom is 0.410 e. The SMILES string of the molecule is COc1ncnc(C#CC2CCN(C(=O)OC(C)(C)C)CC2)c1N. The Hall–Kier alpha value is -2.49. The molecule has 1 amide bonds. The number of hydrogen-bond donors (Lipinski definition) is 1. The van der Waals surface area contributed by atoms with Gasteiger partial charge in [0.05, 0.1) is 7.11 Å². The normalized spacial score (nSPS) is 15.4. The Morgan fingerprint density at radius 1 is 1.33 bits per heavy atom. The molecule has 24 heavy (non-hydrogen) atoms. The number of piperidine rings is 1. The molecule has 1 saturated heterocycles. The molecule has 1 aliphatic heterocycles. The number of carbonyl (C=O) groups is 1. The van der Waals surface area contributed by atoms with E-state index in [0.29, 0.717) is 30.4 Å². The van der Waals surface area contributed by atoms with Gasteiger partial charge in [-0.1, -0.05) is 5.92 Å². The fraction of sp³-hybridized carbons (Fsp3) is 0.588. The Morgan fingerprint density at radius 3 is 2.58 bits per heavy atom. The third kappa shape index (κ3) is 4.75. The van der Waals surface area contributed by atoms with Gasteiger partial charge in [-0.3, -0.25) is 0 Å². The van der Waals surface area contributed by atoms with Crippen molar-refractivity contribution < 1.29 is 14.3 Å². The van der Waals surface area contributed by atoms with Crippen molar-refractivity contribution >= 4 is 11.8 Å². The second-order valence-electron chi connectivity index (χ2n) is 6.66. The molecule has 0 aromatic carbocycles. The van der Waals surface area contributed by atoms with Crippen LogP contribution in [0.15, 0.2) is 6.33 Å². The van der Waals surface area contributed by atoms with E-state index in [1.165, 1.54) is 13.4 Å². The average Bonchev–Trinajstić information content (AvgIpc) is 2.53. The molecule has 2 heterocycles. The van der Waals surface area contributed by atoms with E-state index < -0.39 is 5.60 Å². The lowest BCUT2D eigenvalue weighted by Crippen LogP contribution is -2.41. The van der Waals surface area contributed by atoms with Crippen LogP contribution in [-0.2, 0) is 4.74 Å². The van der Waals surface area contributed by atoms with Crippen molar-refractivity contribution in [2.75, 3.05) is 25.9 Å². The van der Waals surface area contributed by atoms with E-state index in [9.17, 15) is 4.79 Å². The number of anilines is 1. The lowest BCUT2D eigenvalue weighted by Gasteiger charge is -2.31. The molecule has 0 aliphatic carbocycles. The zero-order valence-corrected chi connectivity index (χ0v) is 14.6. The number of nitrogen functional groups attached to an aromatic ring is 1. The van der Waals surface area contributed by atoms with Gasteiger partial charge in [-0.15, -0.1) is 0 Å². The van der Waals surface area contributed by atoms with Crippen LogP contribution in [-0.4, -0.2) is 46.8 Å². The Balaban J connectivity index is 1.94. The van der Waals surface area contributed by atoms with Gasteiger partial charge in [-0.25, -0.2) is 9.78 Å². The second kappa shape index (κ2) is 7.39. The van der Waals surface area contributed by atoms with Crippen LogP contribution < -0.4 is 10.5 Å². The second-order valence-corrected chi connectivity index (χ2v) is 6.66. The molecule has 1 fully saturated rings. The van der Waals surface area contributed by atoms with Crippen LogP contribution in [0.5, 0.6) is 5.88 Å². The molecular weight excluding hydrogens is 308 g/mol. The van der Waals surface area contributed by atoms with Crippen LogP contribution in [0, 0.1) is 17.8 Å². The third-order valence-corrected chi connectivity index (χ3v) is 3.58. The summed E-state index contributed by atoms with van der Waals surface area (Å²) in [6.07, 6.45) is 2.71. The largest absolute Gasteiger partial charge is 0.479 e. The number of amides is 1. The third-order valence-electron chi connectivity index (χ3n) is 3.58. The number of likely N-dealkylation sites (tertiary alicyclic amines) is 1. The zero-order valence-electron chi connectivity index (χ0n) is 14.6. The number of methoxy groups -OCH3 is 1. The predicted molar refractivity (Wildman–Crippen MR) is 90.4 cm³/mol. The Bertz CT molecular complexity index is 650. The Labute approximate surface area is 142 Å². The predicted octanol–water partition coefficient (Wildman–Crippen LogP) is 2.07. The monoisotopic (exact) mass is 332 g/mol. The highest BCUT2D eigenvalue weighted by Gasteiger charge is 2.26. The summed E-state index contributed by atoms with van der Waals surface area (Å²) in [6.45, 7) is 6.87. The van der Waals surface area contributed by atoms with Crippen molar-refractivity contribution in [3.8, 4) is 17.7 Å². The van der Waals surface area contributed by atoms with Crippen molar-refractivity contribution in [2.24, 2.45) is 5.92 Å². The molecular formula is C17H24N4O3. The van der Waals surface area contributed by atoms with Crippen LogP contribution in [0.3, 0.4) is 0 Å². The summed E-state index contributed by atoms with van der Waals surface area (Å²) in [7, 11) is 1.50. The van der Waals surface area contributed by atoms with Gasteiger partial charge in [0.1, 0.15) is 23.3 Å². The van der Waals surface area contributed by atoms with Gasteiger partial charge in [0.25, 0.3) is 0 Å². The molecule has 2 N–H and O–H groups in total. The molecule has 0 bridgehead atoms. The Morgan fingerprint density at radius 2 is 2.00 bits per heavy atom. The smallest absolute Gasteiger partial charge is 0.410 e. The van der Waals surface area contributed by atoms with Crippen LogP contribution in [0.25, 0.3) is 0 Å². The molecule has 2 rings (SSSR count). The van der Waals surface area contributed by atoms with Gasteiger partial charge in [-0.2, -0.15) is 4.98 Å². The van der Waals surface area contributed by atoms with E-state index >= 15 is 0 Å². The van der Waals surface area contributed by atoms with Crippen LogP contribution >= 0.6 is 0 Å². The van der Waals surface area contributed by atoms with Gasteiger partial charge in [0, 0.05) is 19.0 Å². The summed E-state index contributed by atoms with van der Waals surface area (Å²) in [5.41, 5.74) is 6.25. The number of nitrogens with zero attached hydrogens (tertiary/aromatic N) is 3. The molecule has 0 unspecified atom stereocenters. The van der Waals surface area contributed by atoms with Crippen molar-refractivity contribution in [1.29, 1.82) is 0 Å². The topological polar surface area (TPSA) is 90.6 Å². The lowest BCUT2D eigenvalue weighted by molar-refractivity contribution is 0.0199. The number of nitrogens with two attached hydrogens (primary N) is 1. The summed E-state index contributed by atoms with van der Waals surface area (Å²) in [5, 5.41) is 0. The minimum atomic E-state index is -0.475. The lowest BCUT2D eigenvalue weighted by atomic mass is 9.97. The first-order valence-corrected chi connectivity index (χ1v) is 7.94. The molecule has 1 aromatic heterocycles. The highest BCUT2D eigenvalue weighted by molar-refractivity contribution is 5.68. The zero-order chi connectivity index (χ0) is 17.7. The fourth-order valence-electron chi connectivity index (χ4n) is 2.34. The first-order valence-electron chi connectivity index (χ1n) is 7.94. The van der Waals surface area contributed by atoms with E-state index in [1.54, 1.807) is 4.90 Å². The average molecular weight is 332 g/mol. The summed E-state index contributed by atoms with van der Waals surface area (Å²) in [5.74, 6) is 6.71. The summed E-state index contributed by atoms with van der Waals surface area (Å²) in [4.78, 5) is 21.8. The minimum Gasteiger partial charge on any atom is -0.479 e. The molecule has 1 aromatic rings. The number of aromatic nitrogens is 2. The van der Waals surface area contributed by atoms with Gasteiger partial charge in [-0.05, 0) is 39.5 Å². The van der Waals surface area contributed by atoms with Gasteiger partial charge >= 0.3 is 6.09 Å². The van der Waals surface area contributed by atoms with E-state index in [-0.39, 0.29) is 12.0 Å². The highest BCUT2D eigenvalue weighted by atomic mass is 16.6. The van der Waals surface area contributed by atoms with Crippen molar-refractivity contribution in [1.82, 2.24) is 14.9 Å². The van der Waals surface area contributed by atoms with Gasteiger partial charge in [0.15, 0.2) is 0 Å². The summed E-state index contributed by atoms with van der Waals surface area (Å²) >= 11 is 0. The van der Waals surface area contributed by atoms with Crippen molar-refractivity contribution in [2.45, 2.75) is 39.2 Å². The number of rotatable bonds is 1. The molecule has 0 saturated carbocycles. The molecule has 7 nitrogen and oxygen atoms in total. The first kappa shape index (κ1) is 17.9. The molecule has 130 valence electrons. The quantitative estimate of drug-likeness (QED) is 0.792. The minimum absolute atomic E-state index is 0.198. The molecule has 0 spiro atoms. The van der Waals surface area contributed by atoms with E-state index in [0.717, 1.165) is 12.8 Å². The van der Waals surface area contributed by atoms with Crippen molar-refractivity contribution in [3.05, 3.63) is 12.0 Å². The van der Waals surface area contributed by atoms with Crippen LogP contribution in [0.4, 0.5) is 10.5 Å². The van der Waals surface area contributed by atoms with Gasteiger partial charge in [0.2, 0.25) is 5.88 Å². The molecule has 7 heteroatoms. The maximum absolute atomic E-state index is 12.0. The first-order chi connectivity index (χ1) is 11.3. The number of ether oxygens (including phenoxy) is 2. The van der Waals surface area contributed by atoms with Crippen LogP contribution in [0.1, 0.15) is 39.3 Å². The fourth-order valence-corrected chi connectivity index (χ4v) is 2.34. The van der Waals surface area contributed by atoms with E-state index in [4.69, 9.17) is 15.2 Å². The summed E-state index contributed by atoms with van der Waals surface area (Å²) < 4.78 is 10.4. The number of carbonyl (C=O) groups excluding carboxylic acids is 1. The highest BCUT2D eigenvalue weighted by Crippen LogP contribution is 2.21. The molecule has 1 aliphatic rings. The van der Waals surface area contributed by atoms with Crippen molar-refractivity contribution in [3.63, 3.8) is 0 Å². The van der Waals surface area contributed by atoms with Crippen LogP contribution in [0.2, 0.25) is 0 Å². The molecule has 0 radical (unpaired) electrons. The van der Waals surface area contributed by atoms with Gasteiger partial charge < -0.3 is 20.1 Å². The Kier molecular flexibility index (Phi) is 5.50.